The van der Waals surface area contributed by atoms with E-state index in [2.05, 4.69) is 26.3 Å². The Morgan fingerprint density at radius 2 is 1.94 bits per heavy atom. The molecule has 2 aromatic heterocycles. The van der Waals surface area contributed by atoms with Crippen LogP contribution in [0.25, 0.3) is 5.69 Å². The van der Waals surface area contributed by atoms with Gasteiger partial charge in [-0.3, -0.25) is 4.79 Å². The molecular formula is C23H19ClN6OS. The molecule has 0 saturated carbocycles. The fourth-order valence-corrected chi connectivity index (χ4v) is 4.66. The molecule has 0 aliphatic carbocycles. The highest BCUT2D eigenvalue weighted by Crippen LogP contribution is 2.31. The fraction of sp³-hybridized carbons (Fsp3) is 0.174. The Bertz CT molecular complexity index is 1290. The fourth-order valence-electron chi connectivity index (χ4n) is 3.69. The van der Waals surface area contributed by atoms with Gasteiger partial charge in [0.05, 0.1) is 11.4 Å². The Morgan fingerprint density at radius 3 is 2.75 bits per heavy atom. The lowest BCUT2D eigenvalue weighted by Crippen LogP contribution is -2.30. The maximum atomic E-state index is 13.6. The number of aryl methyl sites for hydroxylation is 1. The third-order valence-electron chi connectivity index (χ3n) is 5.38. The van der Waals surface area contributed by atoms with Crippen LogP contribution in [0, 0.1) is 6.92 Å². The highest BCUT2D eigenvalue weighted by Gasteiger charge is 2.30. The highest BCUT2D eigenvalue weighted by molar-refractivity contribution is 7.98. The topological polar surface area (TPSA) is 76.8 Å². The summed E-state index contributed by atoms with van der Waals surface area (Å²) in [7, 11) is 0. The molecular weight excluding hydrogens is 444 g/mol. The van der Waals surface area contributed by atoms with Gasteiger partial charge in [0.2, 0.25) is 0 Å². The van der Waals surface area contributed by atoms with Gasteiger partial charge >= 0.3 is 0 Å². The van der Waals surface area contributed by atoms with E-state index in [4.69, 9.17) is 11.6 Å². The number of aromatic nitrogens is 5. The van der Waals surface area contributed by atoms with E-state index in [1.807, 2.05) is 43.3 Å². The number of amides is 1. The van der Waals surface area contributed by atoms with Crippen LogP contribution in [0.1, 0.15) is 27.3 Å². The van der Waals surface area contributed by atoms with E-state index in [1.165, 1.54) is 11.8 Å². The summed E-state index contributed by atoms with van der Waals surface area (Å²) in [5, 5.41) is 9.87. The highest BCUT2D eigenvalue weighted by atomic mass is 35.5. The van der Waals surface area contributed by atoms with Crippen LogP contribution in [-0.4, -0.2) is 37.4 Å². The van der Waals surface area contributed by atoms with E-state index in [0.29, 0.717) is 33.9 Å². The average molecular weight is 463 g/mol. The van der Waals surface area contributed by atoms with E-state index >= 15 is 0 Å². The van der Waals surface area contributed by atoms with Gasteiger partial charge < -0.3 is 4.90 Å². The number of fused-ring (bicyclic) bond motifs is 1. The number of thioether (sulfide) groups is 1. The van der Waals surface area contributed by atoms with Gasteiger partial charge in [0, 0.05) is 35.4 Å². The molecule has 0 saturated heterocycles. The van der Waals surface area contributed by atoms with Crippen LogP contribution in [0.15, 0.2) is 66.1 Å². The summed E-state index contributed by atoms with van der Waals surface area (Å²) in [6, 6.07) is 15.4. The van der Waals surface area contributed by atoms with E-state index in [0.717, 1.165) is 28.9 Å². The van der Waals surface area contributed by atoms with Crippen molar-refractivity contribution < 1.29 is 4.79 Å². The molecule has 0 unspecified atom stereocenters. The summed E-state index contributed by atoms with van der Waals surface area (Å²) in [5.74, 6) is 0.267. The molecule has 1 amide bonds. The van der Waals surface area contributed by atoms with Crippen LogP contribution < -0.4 is 4.90 Å². The monoisotopic (exact) mass is 462 g/mol. The third kappa shape index (κ3) is 3.87. The molecule has 0 bridgehead atoms. The number of para-hydroxylation sites is 1. The Labute approximate surface area is 194 Å². The molecule has 3 heterocycles. The smallest absolute Gasteiger partial charge is 0.280 e. The van der Waals surface area contributed by atoms with Crippen LogP contribution in [0.3, 0.4) is 0 Å². The second-order valence-corrected chi connectivity index (χ2v) is 8.74. The Morgan fingerprint density at radius 1 is 1.12 bits per heavy atom. The molecule has 0 fully saturated rings. The lowest BCUT2D eigenvalue weighted by atomic mass is 10.2. The molecule has 0 atom stereocenters. The number of anilines is 1. The summed E-state index contributed by atoms with van der Waals surface area (Å²) in [6.07, 6.45) is 4.21. The van der Waals surface area contributed by atoms with Crippen molar-refractivity contribution in [3.8, 4) is 5.69 Å². The van der Waals surface area contributed by atoms with Crippen molar-refractivity contribution in [1.29, 1.82) is 0 Å². The van der Waals surface area contributed by atoms with E-state index in [1.54, 1.807) is 28.0 Å². The zero-order chi connectivity index (χ0) is 22.1. The van der Waals surface area contributed by atoms with Gasteiger partial charge in [-0.1, -0.05) is 52.8 Å². The first-order valence-corrected chi connectivity index (χ1v) is 11.5. The first-order valence-electron chi connectivity index (χ1n) is 10.1. The van der Waals surface area contributed by atoms with Gasteiger partial charge in [-0.2, -0.15) is 0 Å². The van der Waals surface area contributed by atoms with Gasteiger partial charge in [-0.05, 0) is 48.7 Å². The molecule has 9 heteroatoms. The van der Waals surface area contributed by atoms with Crippen LogP contribution >= 0.6 is 23.4 Å². The maximum absolute atomic E-state index is 13.6. The third-order valence-corrected chi connectivity index (χ3v) is 6.67. The molecule has 2 aromatic carbocycles. The Balaban J connectivity index is 1.54. The SMILES string of the molecule is Cc1ccc(-n2nnc(C(=O)N3CCc4ccccc43)c2CSc2ncccn2)cc1Cl. The molecule has 1 aliphatic rings. The van der Waals surface area contributed by atoms with Gasteiger partial charge in [0.25, 0.3) is 5.91 Å². The first kappa shape index (κ1) is 20.7. The summed E-state index contributed by atoms with van der Waals surface area (Å²) in [6.45, 7) is 2.56. The summed E-state index contributed by atoms with van der Waals surface area (Å²) < 4.78 is 1.68. The van der Waals surface area contributed by atoms with Gasteiger partial charge in [0.15, 0.2) is 10.9 Å². The Hall–Kier alpha value is -3.23. The standard InChI is InChI=1S/C23H19ClN6OS/c1-15-7-8-17(13-18(15)24)30-20(14-32-23-25-10-4-11-26-23)21(27-28-30)22(31)29-12-9-16-5-2-3-6-19(16)29/h2-8,10-11,13H,9,12,14H2,1H3. The van der Waals surface area contributed by atoms with E-state index in [9.17, 15) is 4.79 Å². The molecule has 7 nitrogen and oxygen atoms in total. The van der Waals surface area contributed by atoms with Crippen LogP contribution in [0.5, 0.6) is 0 Å². The number of carbonyl (C=O) groups excluding carboxylic acids is 1. The molecule has 160 valence electrons. The van der Waals surface area contributed by atoms with Crippen molar-refractivity contribution in [2.24, 2.45) is 0 Å². The minimum absolute atomic E-state index is 0.163. The summed E-state index contributed by atoms with van der Waals surface area (Å²) in [5.41, 5.74) is 4.80. The maximum Gasteiger partial charge on any atom is 0.280 e. The summed E-state index contributed by atoms with van der Waals surface area (Å²) in [4.78, 5) is 23.9. The molecule has 0 radical (unpaired) electrons. The Kier molecular flexibility index (Phi) is 5.63. The van der Waals surface area contributed by atoms with Gasteiger partial charge in [-0.25, -0.2) is 14.6 Å². The predicted molar refractivity (Wildman–Crippen MR) is 125 cm³/mol. The second kappa shape index (κ2) is 8.72. The van der Waals surface area contributed by atoms with Crippen molar-refractivity contribution in [2.45, 2.75) is 24.3 Å². The molecule has 32 heavy (non-hydrogen) atoms. The molecule has 1 aliphatic heterocycles. The molecule has 5 rings (SSSR count). The number of benzene rings is 2. The van der Waals surface area contributed by atoms with Crippen molar-refractivity contribution in [2.75, 3.05) is 11.4 Å². The van der Waals surface area contributed by atoms with E-state index in [-0.39, 0.29) is 5.91 Å². The number of hydrogen-bond acceptors (Lipinski definition) is 6. The van der Waals surface area contributed by atoms with Crippen LogP contribution in [-0.2, 0) is 12.2 Å². The second-order valence-electron chi connectivity index (χ2n) is 7.39. The summed E-state index contributed by atoms with van der Waals surface area (Å²) >= 11 is 7.78. The average Bonchev–Trinajstić information content (AvgIpc) is 3.44. The van der Waals surface area contributed by atoms with Gasteiger partial charge in [0.1, 0.15) is 0 Å². The van der Waals surface area contributed by atoms with Crippen molar-refractivity contribution >= 4 is 35.0 Å². The predicted octanol–water partition coefficient (Wildman–Crippen LogP) is 4.51. The zero-order valence-corrected chi connectivity index (χ0v) is 18.8. The molecule has 0 spiro atoms. The van der Waals surface area contributed by atoms with Crippen LogP contribution in [0.4, 0.5) is 5.69 Å². The number of halogens is 1. The molecule has 0 N–H and O–H groups in total. The zero-order valence-electron chi connectivity index (χ0n) is 17.3. The molecule has 4 aromatic rings. The number of hydrogen-bond donors (Lipinski definition) is 0. The van der Waals surface area contributed by atoms with Gasteiger partial charge in [-0.15, -0.1) is 5.10 Å². The lowest BCUT2D eigenvalue weighted by molar-refractivity contribution is 0.0984. The number of carbonyl (C=O) groups is 1. The first-order chi connectivity index (χ1) is 15.6. The number of nitrogens with zero attached hydrogens (tertiary/aromatic N) is 6. The van der Waals surface area contributed by atoms with Crippen molar-refractivity contribution in [3.63, 3.8) is 0 Å². The van der Waals surface area contributed by atoms with E-state index < -0.39 is 0 Å². The largest absolute Gasteiger partial charge is 0.306 e. The van der Waals surface area contributed by atoms with Crippen LogP contribution in [0.2, 0.25) is 5.02 Å². The normalized spacial score (nSPS) is 12.8. The minimum atomic E-state index is -0.163. The quantitative estimate of drug-likeness (QED) is 0.320. The van der Waals surface area contributed by atoms with Crippen molar-refractivity contribution in [3.05, 3.63) is 88.5 Å². The van der Waals surface area contributed by atoms with Crippen molar-refractivity contribution in [1.82, 2.24) is 25.0 Å². The number of rotatable bonds is 5. The minimum Gasteiger partial charge on any atom is -0.306 e. The lowest BCUT2D eigenvalue weighted by Gasteiger charge is -2.17.